The lowest BCUT2D eigenvalue weighted by Crippen LogP contribution is -1.94. The van der Waals surface area contributed by atoms with Gasteiger partial charge >= 0.3 is 0 Å². The number of benzene rings is 2. The van der Waals surface area contributed by atoms with Crippen molar-refractivity contribution < 1.29 is 0 Å². The van der Waals surface area contributed by atoms with Crippen molar-refractivity contribution in [3.63, 3.8) is 0 Å². The Bertz CT molecular complexity index is 698. The van der Waals surface area contributed by atoms with Crippen molar-refractivity contribution in [2.24, 2.45) is 0 Å². The molecule has 0 aliphatic rings. The minimum Gasteiger partial charge on any atom is -0.285 e. The average Bonchev–Trinajstić information content (AvgIpc) is 3.02. The third kappa shape index (κ3) is 3.05. The second-order valence-corrected chi connectivity index (χ2v) is 5.26. The van der Waals surface area contributed by atoms with Crippen molar-refractivity contribution in [2.45, 2.75) is 26.2 Å². The van der Waals surface area contributed by atoms with E-state index in [-0.39, 0.29) is 0 Å². The molecular formula is C19H20N2. The normalized spacial score (nSPS) is 10.7. The predicted molar refractivity (Wildman–Crippen MR) is 87.3 cm³/mol. The highest BCUT2D eigenvalue weighted by atomic mass is 15.1. The predicted octanol–water partition coefficient (Wildman–Crippen LogP) is 4.42. The average molecular weight is 276 g/mol. The van der Waals surface area contributed by atoms with Crippen LogP contribution in [0.2, 0.25) is 0 Å². The molecule has 0 bridgehead atoms. The van der Waals surface area contributed by atoms with E-state index in [4.69, 9.17) is 0 Å². The number of aryl methyl sites for hydroxylation is 3. The van der Waals surface area contributed by atoms with Gasteiger partial charge in [0.1, 0.15) is 0 Å². The van der Waals surface area contributed by atoms with E-state index in [1.807, 2.05) is 6.20 Å². The third-order valence-corrected chi connectivity index (χ3v) is 3.90. The smallest absolute Gasteiger partial charge is 0.0955 e. The number of nitrogens with one attached hydrogen (secondary N) is 1. The highest BCUT2D eigenvalue weighted by molar-refractivity contribution is 5.66. The van der Waals surface area contributed by atoms with Gasteiger partial charge in [0.15, 0.2) is 0 Å². The number of H-pyrrole nitrogens is 1. The van der Waals surface area contributed by atoms with Crippen LogP contribution in [0.25, 0.3) is 11.3 Å². The molecule has 0 aliphatic heterocycles. The van der Waals surface area contributed by atoms with E-state index in [1.165, 1.54) is 22.3 Å². The molecule has 0 atom stereocenters. The molecule has 0 spiro atoms. The first kappa shape index (κ1) is 13.6. The molecule has 106 valence electrons. The monoisotopic (exact) mass is 276 g/mol. The fourth-order valence-corrected chi connectivity index (χ4v) is 2.72. The fraction of sp³-hybridized carbons (Fsp3) is 0.211. The fourth-order valence-electron chi connectivity index (χ4n) is 2.72. The Morgan fingerprint density at radius 2 is 1.62 bits per heavy atom. The molecule has 0 amide bonds. The van der Waals surface area contributed by atoms with Gasteiger partial charge in [0.2, 0.25) is 0 Å². The van der Waals surface area contributed by atoms with Crippen LogP contribution in [0.5, 0.6) is 0 Å². The molecule has 0 saturated heterocycles. The van der Waals surface area contributed by atoms with Crippen LogP contribution in [0, 0.1) is 0 Å². The van der Waals surface area contributed by atoms with Gasteiger partial charge < -0.3 is 0 Å². The van der Waals surface area contributed by atoms with Crippen molar-refractivity contribution in [2.75, 3.05) is 0 Å². The van der Waals surface area contributed by atoms with Crippen molar-refractivity contribution in [1.82, 2.24) is 10.2 Å². The minimum absolute atomic E-state index is 1.01. The lowest BCUT2D eigenvalue weighted by Gasteiger charge is -2.07. The topological polar surface area (TPSA) is 28.7 Å². The zero-order valence-corrected chi connectivity index (χ0v) is 12.3. The van der Waals surface area contributed by atoms with Gasteiger partial charge in [-0.1, -0.05) is 61.5 Å². The van der Waals surface area contributed by atoms with Gasteiger partial charge in [-0.05, 0) is 36.0 Å². The lowest BCUT2D eigenvalue weighted by atomic mass is 9.97. The van der Waals surface area contributed by atoms with Crippen LogP contribution in [0.15, 0.2) is 60.8 Å². The summed E-state index contributed by atoms with van der Waals surface area (Å²) in [5.74, 6) is 0. The first-order valence-electron chi connectivity index (χ1n) is 7.53. The Hall–Kier alpha value is -2.35. The summed E-state index contributed by atoms with van der Waals surface area (Å²) >= 11 is 0. The maximum Gasteiger partial charge on any atom is 0.0955 e. The molecule has 3 aromatic rings. The molecule has 0 fully saturated rings. The lowest BCUT2D eigenvalue weighted by molar-refractivity contribution is 0.962. The molecule has 2 heteroatoms. The minimum atomic E-state index is 1.01. The molecule has 1 heterocycles. The maximum absolute atomic E-state index is 4.48. The van der Waals surface area contributed by atoms with E-state index in [1.54, 1.807) is 0 Å². The molecule has 3 rings (SSSR count). The van der Waals surface area contributed by atoms with Crippen LogP contribution in [0.1, 0.15) is 23.6 Å². The van der Waals surface area contributed by atoms with Gasteiger partial charge in [-0.2, -0.15) is 5.10 Å². The van der Waals surface area contributed by atoms with E-state index in [0.29, 0.717) is 0 Å². The molecular weight excluding hydrogens is 256 g/mol. The Labute approximate surface area is 125 Å². The summed E-state index contributed by atoms with van der Waals surface area (Å²) in [6, 6.07) is 19.1. The first-order valence-corrected chi connectivity index (χ1v) is 7.53. The van der Waals surface area contributed by atoms with Crippen molar-refractivity contribution >= 4 is 0 Å². The first-order chi connectivity index (χ1) is 10.4. The van der Waals surface area contributed by atoms with Crippen LogP contribution >= 0.6 is 0 Å². The van der Waals surface area contributed by atoms with Gasteiger partial charge in [0, 0.05) is 11.8 Å². The zero-order chi connectivity index (χ0) is 14.5. The van der Waals surface area contributed by atoms with Crippen molar-refractivity contribution in [3.05, 3.63) is 77.5 Å². The number of rotatable bonds is 5. The van der Waals surface area contributed by atoms with Gasteiger partial charge in [-0.15, -0.1) is 0 Å². The number of aromatic amines is 1. The van der Waals surface area contributed by atoms with Crippen molar-refractivity contribution in [3.8, 4) is 11.3 Å². The van der Waals surface area contributed by atoms with Gasteiger partial charge in [0.25, 0.3) is 0 Å². The maximum atomic E-state index is 4.48. The quantitative estimate of drug-likeness (QED) is 0.734. The molecule has 21 heavy (non-hydrogen) atoms. The SMILES string of the molecule is CCc1ccccc1-c1n[nH]cc1CCc1ccccc1. The summed E-state index contributed by atoms with van der Waals surface area (Å²) in [6.45, 7) is 2.19. The molecule has 0 radical (unpaired) electrons. The summed E-state index contributed by atoms with van der Waals surface area (Å²) in [4.78, 5) is 0. The second kappa shape index (κ2) is 6.40. The molecule has 0 unspecified atom stereocenters. The Morgan fingerprint density at radius 3 is 2.43 bits per heavy atom. The summed E-state index contributed by atoms with van der Waals surface area (Å²) in [7, 11) is 0. The molecule has 0 aliphatic carbocycles. The number of nitrogens with zero attached hydrogens (tertiary/aromatic N) is 1. The van der Waals surface area contributed by atoms with E-state index in [0.717, 1.165) is 25.0 Å². The van der Waals surface area contributed by atoms with E-state index in [9.17, 15) is 0 Å². The van der Waals surface area contributed by atoms with E-state index >= 15 is 0 Å². The van der Waals surface area contributed by atoms with E-state index in [2.05, 4.69) is 71.7 Å². The zero-order valence-electron chi connectivity index (χ0n) is 12.3. The summed E-state index contributed by atoms with van der Waals surface area (Å²) in [5.41, 5.74) is 6.37. The summed E-state index contributed by atoms with van der Waals surface area (Å²) in [6.07, 6.45) is 5.11. The van der Waals surface area contributed by atoms with Crippen LogP contribution in [0.4, 0.5) is 0 Å². The van der Waals surface area contributed by atoms with Crippen LogP contribution in [-0.4, -0.2) is 10.2 Å². The standard InChI is InChI=1S/C19H20N2/c1-2-16-10-6-7-11-18(16)19-17(14-20-21-19)13-12-15-8-4-3-5-9-15/h3-11,14H,2,12-13H2,1H3,(H,20,21). The second-order valence-electron chi connectivity index (χ2n) is 5.26. The highest BCUT2D eigenvalue weighted by Crippen LogP contribution is 2.26. The molecule has 1 N–H and O–H groups in total. The molecule has 2 aromatic carbocycles. The molecule has 0 saturated carbocycles. The van der Waals surface area contributed by atoms with Crippen LogP contribution in [-0.2, 0) is 19.3 Å². The van der Waals surface area contributed by atoms with Gasteiger partial charge in [-0.3, -0.25) is 5.10 Å². The Balaban J connectivity index is 1.84. The Kier molecular flexibility index (Phi) is 4.15. The highest BCUT2D eigenvalue weighted by Gasteiger charge is 2.11. The largest absolute Gasteiger partial charge is 0.285 e. The van der Waals surface area contributed by atoms with Gasteiger partial charge in [0.05, 0.1) is 5.69 Å². The van der Waals surface area contributed by atoms with E-state index < -0.39 is 0 Å². The summed E-state index contributed by atoms with van der Waals surface area (Å²) < 4.78 is 0. The Morgan fingerprint density at radius 1 is 0.857 bits per heavy atom. The molecule has 1 aromatic heterocycles. The van der Waals surface area contributed by atoms with Crippen LogP contribution < -0.4 is 0 Å². The number of hydrogen-bond acceptors (Lipinski definition) is 1. The number of hydrogen-bond donors (Lipinski definition) is 1. The van der Waals surface area contributed by atoms with Crippen molar-refractivity contribution in [1.29, 1.82) is 0 Å². The van der Waals surface area contributed by atoms with Crippen LogP contribution in [0.3, 0.4) is 0 Å². The molecule has 2 nitrogen and oxygen atoms in total. The number of aromatic nitrogens is 2. The van der Waals surface area contributed by atoms with Gasteiger partial charge in [-0.25, -0.2) is 0 Å². The third-order valence-electron chi connectivity index (χ3n) is 3.90. The summed E-state index contributed by atoms with van der Waals surface area (Å²) in [5, 5.41) is 7.52.